The fourth-order valence-corrected chi connectivity index (χ4v) is 2.78. The molecule has 2 atom stereocenters. The van der Waals surface area contributed by atoms with Crippen LogP contribution in [0, 0.1) is 5.92 Å². The third kappa shape index (κ3) is 2.93. The summed E-state index contributed by atoms with van der Waals surface area (Å²) in [7, 11) is 0. The summed E-state index contributed by atoms with van der Waals surface area (Å²) in [5.41, 5.74) is 8.12. The molecule has 2 rings (SSSR count). The Balaban J connectivity index is 2.21. The zero-order valence-electron chi connectivity index (χ0n) is 10.6. The normalized spacial score (nSPS) is 22.6. The van der Waals surface area contributed by atoms with Gasteiger partial charge < -0.3 is 10.6 Å². The standard InChI is InChI=1S/C14H21ClN2/c1-10-4-3-7-17(9-10)14-6-5-12(11(2)16)8-13(14)15/h5-6,8,10-11H,3-4,7,9,16H2,1-2H3/t10-,11-/m0/s1. The molecule has 0 bridgehead atoms. The molecular formula is C14H21ClN2. The van der Waals surface area contributed by atoms with E-state index in [0.29, 0.717) is 0 Å². The monoisotopic (exact) mass is 252 g/mol. The summed E-state index contributed by atoms with van der Waals surface area (Å²) in [6.45, 7) is 6.50. The Morgan fingerprint density at radius 2 is 2.24 bits per heavy atom. The number of halogens is 1. The molecule has 0 unspecified atom stereocenters. The van der Waals surface area contributed by atoms with Crippen LogP contribution in [0.5, 0.6) is 0 Å². The van der Waals surface area contributed by atoms with Gasteiger partial charge in [0.05, 0.1) is 10.7 Å². The van der Waals surface area contributed by atoms with E-state index in [4.69, 9.17) is 17.3 Å². The van der Waals surface area contributed by atoms with Crippen LogP contribution in [0.2, 0.25) is 5.02 Å². The lowest BCUT2D eigenvalue weighted by Crippen LogP contribution is -2.34. The molecule has 1 fully saturated rings. The molecule has 3 heteroatoms. The molecule has 1 saturated heterocycles. The molecule has 1 heterocycles. The van der Waals surface area contributed by atoms with Gasteiger partial charge in [-0.3, -0.25) is 0 Å². The molecule has 1 aromatic carbocycles. The van der Waals surface area contributed by atoms with Crippen molar-refractivity contribution in [1.29, 1.82) is 0 Å². The number of benzene rings is 1. The molecule has 0 amide bonds. The maximum atomic E-state index is 6.36. The largest absolute Gasteiger partial charge is 0.370 e. The maximum Gasteiger partial charge on any atom is 0.0642 e. The number of hydrogen-bond acceptors (Lipinski definition) is 2. The van der Waals surface area contributed by atoms with Crippen molar-refractivity contribution in [2.45, 2.75) is 32.7 Å². The van der Waals surface area contributed by atoms with Gasteiger partial charge in [-0.2, -0.15) is 0 Å². The first-order valence-electron chi connectivity index (χ1n) is 6.38. The Bertz CT molecular complexity index is 390. The fraction of sp³-hybridized carbons (Fsp3) is 0.571. The number of piperidine rings is 1. The number of anilines is 1. The van der Waals surface area contributed by atoms with E-state index in [2.05, 4.69) is 24.0 Å². The highest BCUT2D eigenvalue weighted by molar-refractivity contribution is 6.33. The van der Waals surface area contributed by atoms with Gasteiger partial charge in [0.2, 0.25) is 0 Å². The minimum atomic E-state index is 0.0434. The number of rotatable bonds is 2. The highest BCUT2D eigenvalue weighted by Crippen LogP contribution is 2.31. The van der Waals surface area contributed by atoms with E-state index in [-0.39, 0.29) is 6.04 Å². The Hall–Kier alpha value is -0.730. The van der Waals surface area contributed by atoms with Crippen molar-refractivity contribution in [3.05, 3.63) is 28.8 Å². The number of nitrogens with zero attached hydrogens (tertiary/aromatic N) is 1. The van der Waals surface area contributed by atoms with E-state index in [1.165, 1.54) is 12.8 Å². The second-order valence-electron chi connectivity index (χ2n) is 5.19. The zero-order chi connectivity index (χ0) is 12.4. The lowest BCUT2D eigenvalue weighted by molar-refractivity contribution is 0.447. The van der Waals surface area contributed by atoms with Crippen LogP contribution in [0.3, 0.4) is 0 Å². The first-order valence-corrected chi connectivity index (χ1v) is 6.75. The summed E-state index contributed by atoms with van der Waals surface area (Å²) >= 11 is 6.36. The van der Waals surface area contributed by atoms with E-state index in [9.17, 15) is 0 Å². The van der Waals surface area contributed by atoms with E-state index >= 15 is 0 Å². The molecular weight excluding hydrogens is 232 g/mol. The molecule has 1 aromatic rings. The van der Waals surface area contributed by atoms with E-state index in [0.717, 1.165) is 35.3 Å². The third-order valence-corrected chi connectivity index (χ3v) is 3.80. The van der Waals surface area contributed by atoms with Gasteiger partial charge in [-0.15, -0.1) is 0 Å². The lowest BCUT2D eigenvalue weighted by Gasteiger charge is -2.33. The summed E-state index contributed by atoms with van der Waals surface area (Å²) in [5, 5.41) is 0.828. The van der Waals surface area contributed by atoms with Crippen LogP contribution in [-0.2, 0) is 0 Å². The molecule has 2 N–H and O–H groups in total. The van der Waals surface area contributed by atoms with Crippen molar-refractivity contribution in [2.75, 3.05) is 18.0 Å². The molecule has 0 saturated carbocycles. The Morgan fingerprint density at radius 1 is 1.47 bits per heavy atom. The molecule has 0 aromatic heterocycles. The summed E-state index contributed by atoms with van der Waals surface area (Å²) in [6, 6.07) is 6.24. The van der Waals surface area contributed by atoms with E-state index in [1.54, 1.807) is 0 Å². The molecule has 94 valence electrons. The van der Waals surface area contributed by atoms with Crippen LogP contribution in [0.15, 0.2) is 18.2 Å². The molecule has 0 radical (unpaired) electrons. The third-order valence-electron chi connectivity index (χ3n) is 3.50. The highest BCUT2D eigenvalue weighted by atomic mass is 35.5. The summed E-state index contributed by atoms with van der Waals surface area (Å²) in [4.78, 5) is 2.39. The molecule has 1 aliphatic heterocycles. The molecule has 2 nitrogen and oxygen atoms in total. The Kier molecular flexibility index (Phi) is 3.95. The quantitative estimate of drug-likeness (QED) is 0.872. The van der Waals surface area contributed by atoms with Crippen molar-refractivity contribution in [1.82, 2.24) is 0 Å². The van der Waals surface area contributed by atoms with Gasteiger partial charge in [0.25, 0.3) is 0 Å². The van der Waals surface area contributed by atoms with Crippen LogP contribution in [0.1, 0.15) is 38.3 Å². The molecule has 17 heavy (non-hydrogen) atoms. The van der Waals surface area contributed by atoms with Gasteiger partial charge in [-0.05, 0) is 43.4 Å². The summed E-state index contributed by atoms with van der Waals surface area (Å²) < 4.78 is 0. The van der Waals surface area contributed by atoms with Gasteiger partial charge in [0.1, 0.15) is 0 Å². The second-order valence-corrected chi connectivity index (χ2v) is 5.60. The fourth-order valence-electron chi connectivity index (χ4n) is 2.47. The minimum absolute atomic E-state index is 0.0434. The van der Waals surface area contributed by atoms with E-state index in [1.807, 2.05) is 13.0 Å². The number of hydrogen-bond donors (Lipinski definition) is 1. The van der Waals surface area contributed by atoms with E-state index < -0.39 is 0 Å². The first kappa shape index (κ1) is 12.7. The molecule has 0 spiro atoms. The SMILES string of the molecule is C[C@H]1CCCN(c2ccc([C@H](C)N)cc2Cl)C1. The first-order chi connectivity index (χ1) is 8.08. The van der Waals surface area contributed by atoms with Crippen molar-refractivity contribution in [3.63, 3.8) is 0 Å². The van der Waals surface area contributed by atoms with Crippen LogP contribution in [0.25, 0.3) is 0 Å². The summed E-state index contributed by atoms with van der Waals surface area (Å²) in [5.74, 6) is 0.757. The molecule has 1 aliphatic rings. The predicted molar refractivity (Wildman–Crippen MR) is 74.7 cm³/mol. The smallest absolute Gasteiger partial charge is 0.0642 e. The minimum Gasteiger partial charge on any atom is -0.370 e. The van der Waals surface area contributed by atoms with Gasteiger partial charge in [0, 0.05) is 19.1 Å². The van der Waals surface area contributed by atoms with Gasteiger partial charge in [-0.25, -0.2) is 0 Å². The Labute approximate surface area is 109 Å². The predicted octanol–water partition coefficient (Wildman–Crippen LogP) is 3.60. The average molecular weight is 253 g/mol. The van der Waals surface area contributed by atoms with Crippen LogP contribution >= 0.6 is 11.6 Å². The van der Waals surface area contributed by atoms with Gasteiger partial charge >= 0.3 is 0 Å². The Morgan fingerprint density at radius 3 is 2.82 bits per heavy atom. The highest BCUT2D eigenvalue weighted by Gasteiger charge is 2.18. The van der Waals surface area contributed by atoms with Crippen LogP contribution in [0.4, 0.5) is 5.69 Å². The van der Waals surface area contributed by atoms with Gasteiger partial charge in [-0.1, -0.05) is 24.6 Å². The van der Waals surface area contributed by atoms with Crippen molar-refractivity contribution in [3.8, 4) is 0 Å². The number of nitrogens with two attached hydrogens (primary N) is 1. The van der Waals surface area contributed by atoms with Crippen LogP contribution in [-0.4, -0.2) is 13.1 Å². The topological polar surface area (TPSA) is 29.3 Å². The van der Waals surface area contributed by atoms with Gasteiger partial charge in [0.15, 0.2) is 0 Å². The van der Waals surface area contributed by atoms with Crippen molar-refractivity contribution in [2.24, 2.45) is 11.7 Å². The van der Waals surface area contributed by atoms with Crippen molar-refractivity contribution >= 4 is 17.3 Å². The van der Waals surface area contributed by atoms with Crippen molar-refractivity contribution < 1.29 is 0 Å². The average Bonchev–Trinajstić information content (AvgIpc) is 2.28. The maximum absolute atomic E-state index is 6.36. The second kappa shape index (κ2) is 5.28. The lowest BCUT2D eigenvalue weighted by atomic mass is 9.99. The summed E-state index contributed by atoms with van der Waals surface area (Å²) in [6.07, 6.45) is 2.58. The zero-order valence-corrected chi connectivity index (χ0v) is 11.4. The van der Waals surface area contributed by atoms with Crippen LogP contribution < -0.4 is 10.6 Å². The molecule has 0 aliphatic carbocycles.